The summed E-state index contributed by atoms with van der Waals surface area (Å²) in [6, 6.07) is 7.15. The van der Waals surface area contributed by atoms with Gasteiger partial charge in [0.15, 0.2) is 12.2 Å². The van der Waals surface area contributed by atoms with Gasteiger partial charge in [-0.2, -0.15) is 0 Å². The number of hydrogen-bond acceptors (Lipinski definition) is 7. The van der Waals surface area contributed by atoms with Crippen molar-refractivity contribution in [3.8, 4) is 5.75 Å². The van der Waals surface area contributed by atoms with Crippen LogP contribution in [0.1, 0.15) is 58.6 Å². The van der Waals surface area contributed by atoms with Gasteiger partial charge in [-0.1, -0.05) is 17.7 Å². The molecule has 0 saturated heterocycles. The number of β-amino-alcohol motifs (C(OH)–C–C–N with tert-alkyl or cyclic N) is 1. The molecule has 214 valence electrons. The summed E-state index contributed by atoms with van der Waals surface area (Å²) >= 11 is 6.62. The Labute approximate surface area is 236 Å². The minimum absolute atomic E-state index is 0.0918. The van der Waals surface area contributed by atoms with Crippen LogP contribution in [0.5, 0.6) is 5.75 Å². The van der Waals surface area contributed by atoms with E-state index in [1.54, 1.807) is 24.5 Å². The number of aliphatic hydroxyl groups is 1. The van der Waals surface area contributed by atoms with Crippen LogP contribution in [0, 0.1) is 5.92 Å². The highest BCUT2D eigenvalue weighted by atomic mass is 35.5. The number of nitrogens with zero attached hydrogens (tertiary/aromatic N) is 3. The highest BCUT2D eigenvalue weighted by molar-refractivity contribution is 6.33. The lowest BCUT2D eigenvalue weighted by Gasteiger charge is -2.31. The van der Waals surface area contributed by atoms with Crippen LogP contribution in [0.2, 0.25) is 5.02 Å². The van der Waals surface area contributed by atoms with E-state index in [4.69, 9.17) is 20.8 Å². The largest absolute Gasteiger partial charge is 0.484 e. The zero-order chi connectivity index (χ0) is 28.1. The van der Waals surface area contributed by atoms with E-state index >= 15 is 0 Å². The molecule has 1 fully saturated rings. The van der Waals surface area contributed by atoms with Crippen LogP contribution in [-0.2, 0) is 26.0 Å². The molecule has 8 nitrogen and oxygen atoms in total. The van der Waals surface area contributed by atoms with Crippen LogP contribution in [0.3, 0.4) is 0 Å². The van der Waals surface area contributed by atoms with Crippen LogP contribution < -0.4 is 10.1 Å². The monoisotopic (exact) mass is 574 g/mol. The van der Waals surface area contributed by atoms with Gasteiger partial charge in [0.25, 0.3) is 5.91 Å². The maximum atomic E-state index is 13.4. The number of aromatic nitrogens is 2. The average molecular weight is 575 g/mol. The third-order valence-electron chi connectivity index (χ3n) is 7.61. The standard InChI is InChI=1S/C29H33ClF2N4O4/c30-27-25-6-10-36(15-21(25)1-2-26(27)39-17-24-14-33-18-40-24)16-23(37)13-35-28(38)20-5-9-34-22(12-20)11-19-3-7-29(31,32)8-4-19/h1-2,5,9,12,14,18-19,23,37H,3-4,6-8,10-11,13,15-17H2,(H,35,38)/t23-/m0/s1. The van der Waals surface area contributed by atoms with E-state index in [2.05, 4.69) is 20.2 Å². The number of pyridine rings is 1. The lowest BCUT2D eigenvalue weighted by molar-refractivity contribution is -0.0457. The second-order valence-corrected chi connectivity index (χ2v) is 11.0. The number of amides is 1. The summed E-state index contributed by atoms with van der Waals surface area (Å²) in [4.78, 5) is 23.1. The van der Waals surface area contributed by atoms with Gasteiger partial charge in [0, 0.05) is 56.5 Å². The normalized spacial score (nSPS) is 18.2. The quantitative estimate of drug-likeness (QED) is 0.358. The fourth-order valence-electron chi connectivity index (χ4n) is 5.38. The number of halogens is 3. The number of nitrogens with one attached hydrogen (secondary N) is 1. The van der Waals surface area contributed by atoms with Crippen molar-refractivity contribution in [2.45, 2.75) is 63.7 Å². The van der Waals surface area contributed by atoms with Crippen LogP contribution in [0.4, 0.5) is 8.78 Å². The first-order valence-corrected chi connectivity index (χ1v) is 14.0. The van der Waals surface area contributed by atoms with E-state index in [1.165, 1.54) is 6.39 Å². The molecule has 3 heterocycles. The Morgan fingerprint density at radius 3 is 2.90 bits per heavy atom. The zero-order valence-corrected chi connectivity index (χ0v) is 22.9. The predicted molar refractivity (Wildman–Crippen MR) is 144 cm³/mol. The first-order chi connectivity index (χ1) is 19.3. The van der Waals surface area contributed by atoms with Gasteiger partial charge in [0.1, 0.15) is 12.4 Å². The number of carbonyl (C=O) groups excluding carboxylic acids is 1. The summed E-state index contributed by atoms with van der Waals surface area (Å²) in [6.07, 6.45) is 5.79. The van der Waals surface area contributed by atoms with Gasteiger partial charge >= 0.3 is 0 Å². The zero-order valence-electron chi connectivity index (χ0n) is 22.1. The molecule has 0 bridgehead atoms. The molecule has 1 amide bonds. The minimum atomic E-state index is -2.56. The van der Waals surface area contributed by atoms with Crippen molar-refractivity contribution >= 4 is 17.5 Å². The minimum Gasteiger partial charge on any atom is -0.484 e. The van der Waals surface area contributed by atoms with E-state index in [-0.39, 0.29) is 37.8 Å². The van der Waals surface area contributed by atoms with Crippen LogP contribution >= 0.6 is 11.6 Å². The van der Waals surface area contributed by atoms with Crippen molar-refractivity contribution in [3.63, 3.8) is 0 Å². The van der Waals surface area contributed by atoms with Gasteiger partial charge in [-0.3, -0.25) is 14.7 Å². The Hall–Kier alpha value is -3.08. The van der Waals surface area contributed by atoms with Crippen LogP contribution in [0.25, 0.3) is 0 Å². The van der Waals surface area contributed by atoms with Crippen LogP contribution in [0.15, 0.2) is 47.5 Å². The van der Waals surface area contributed by atoms with Crippen molar-refractivity contribution in [2.75, 3.05) is 19.6 Å². The fraction of sp³-hybridized carbons (Fsp3) is 0.483. The summed E-state index contributed by atoms with van der Waals surface area (Å²) in [5, 5.41) is 14.0. The summed E-state index contributed by atoms with van der Waals surface area (Å²) in [6.45, 7) is 2.08. The Morgan fingerprint density at radius 2 is 2.12 bits per heavy atom. The molecule has 1 atom stereocenters. The molecule has 1 aliphatic heterocycles. The highest BCUT2D eigenvalue weighted by Crippen LogP contribution is 2.37. The molecule has 2 aromatic heterocycles. The Balaban J connectivity index is 1.08. The third-order valence-corrected chi connectivity index (χ3v) is 8.02. The molecule has 2 aliphatic rings. The second-order valence-electron chi connectivity index (χ2n) is 10.7. The molecule has 1 saturated carbocycles. The summed E-state index contributed by atoms with van der Waals surface area (Å²) < 4.78 is 37.9. The summed E-state index contributed by atoms with van der Waals surface area (Å²) in [7, 11) is 0. The fourth-order valence-corrected chi connectivity index (χ4v) is 5.72. The van der Waals surface area contributed by atoms with Crippen molar-refractivity contribution < 1.29 is 27.8 Å². The molecule has 11 heteroatoms. The molecule has 5 rings (SSSR count). The summed E-state index contributed by atoms with van der Waals surface area (Å²) in [5.41, 5.74) is 3.28. The van der Waals surface area contributed by atoms with E-state index in [1.807, 2.05) is 12.1 Å². The van der Waals surface area contributed by atoms with Gasteiger partial charge in [0.2, 0.25) is 5.92 Å². The van der Waals surface area contributed by atoms with Crippen molar-refractivity contribution in [3.05, 3.63) is 76.2 Å². The maximum absolute atomic E-state index is 13.4. The second kappa shape index (κ2) is 12.6. The highest BCUT2D eigenvalue weighted by Gasteiger charge is 2.35. The number of aliphatic hydroxyl groups excluding tert-OH is 1. The third kappa shape index (κ3) is 7.35. The molecule has 3 aromatic rings. The number of benzene rings is 1. The van der Waals surface area contributed by atoms with Gasteiger partial charge < -0.3 is 19.6 Å². The number of carbonyl (C=O) groups is 1. The topological polar surface area (TPSA) is 101 Å². The lowest BCUT2D eigenvalue weighted by atomic mass is 9.84. The van der Waals surface area contributed by atoms with Gasteiger partial charge in [-0.05, 0) is 60.9 Å². The molecular formula is C29H33ClF2N4O4. The van der Waals surface area contributed by atoms with Gasteiger partial charge in [-0.15, -0.1) is 0 Å². The molecule has 0 unspecified atom stereocenters. The molecule has 1 aromatic carbocycles. The van der Waals surface area contributed by atoms with Crippen LogP contribution in [-0.4, -0.2) is 57.5 Å². The predicted octanol–water partition coefficient (Wildman–Crippen LogP) is 4.82. The number of ether oxygens (including phenoxy) is 1. The summed E-state index contributed by atoms with van der Waals surface area (Å²) in [5.74, 6) is -1.51. The number of fused-ring (bicyclic) bond motifs is 1. The lowest BCUT2D eigenvalue weighted by Crippen LogP contribution is -2.42. The first-order valence-electron chi connectivity index (χ1n) is 13.6. The molecular weight excluding hydrogens is 542 g/mol. The van der Waals surface area contributed by atoms with Gasteiger partial charge in [0.05, 0.1) is 17.3 Å². The van der Waals surface area contributed by atoms with Gasteiger partial charge in [-0.25, -0.2) is 13.8 Å². The maximum Gasteiger partial charge on any atom is 0.251 e. The average Bonchev–Trinajstić information content (AvgIpc) is 3.46. The Morgan fingerprint density at radius 1 is 1.30 bits per heavy atom. The SMILES string of the molecule is O=C(NC[C@H](O)CN1CCc2c(ccc(OCc3cnco3)c2Cl)C1)c1ccnc(CC2CCC(F)(F)CC2)c1. The van der Waals surface area contributed by atoms with E-state index in [0.29, 0.717) is 67.4 Å². The van der Waals surface area contributed by atoms with E-state index in [0.717, 1.165) is 16.8 Å². The molecule has 0 radical (unpaired) electrons. The van der Waals surface area contributed by atoms with Crippen molar-refractivity contribution in [1.82, 2.24) is 20.2 Å². The number of oxazole rings is 1. The number of alkyl halides is 2. The number of rotatable bonds is 10. The molecule has 2 N–H and O–H groups in total. The number of hydrogen-bond donors (Lipinski definition) is 2. The van der Waals surface area contributed by atoms with Crippen molar-refractivity contribution in [2.24, 2.45) is 5.92 Å². The van der Waals surface area contributed by atoms with E-state index < -0.39 is 12.0 Å². The molecule has 40 heavy (non-hydrogen) atoms. The first kappa shape index (κ1) is 28.4. The molecule has 0 spiro atoms. The Kier molecular flexibility index (Phi) is 8.97. The van der Waals surface area contributed by atoms with E-state index in [9.17, 15) is 18.7 Å². The molecule has 1 aliphatic carbocycles. The Bertz CT molecular complexity index is 1300. The smallest absolute Gasteiger partial charge is 0.251 e. The van der Waals surface area contributed by atoms with Crippen molar-refractivity contribution in [1.29, 1.82) is 0 Å².